The van der Waals surface area contributed by atoms with Crippen molar-refractivity contribution in [1.82, 2.24) is 10.2 Å². The Morgan fingerprint density at radius 3 is 2.12 bits per heavy atom. The molecule has 2 heterocycles. The fourth-order valence-corrected chi connectivity index (χ4v) is 3.67. The molecule has 0 aromatic rings. The molecule has 0 amide bonds. The predicted octanol–water partition coefficient (Wildman–Crippen LogP) is 1.38. The van der Waals surface area contributed by atoms with E-state index in [0.29, 0.717) is 12.2 Å². The van der Waals surface area contributed by atoms with Gasteiger partial charge in [-0.15, -0.1) is 0 Å². The first-order valence-corrected chi connectivity index (χ1v) is 6.92. The molecule has 2 bridgehead atoms. The van der Waals surface area contributed by atoms with Crippen LogP contribution in [0.4, 0.5) is 0 Å². The zero-order chi connectivity index (χ0) is 11.0. The zero-order valence-electron chi connectivity index (χ0n) is 10.3. The van der Waals surface area contributed by atoms with Crippen molar-refractivity contribution in [3.05, 3.63) is 0 Å². The Morgan fingerprint density at radius 1 is 0.938 bits per heavy atom. The standard InChI is InChI=1S/C13H24N2O/c1-14-10-2-4-11(5-3-10)15-8-12-6-7-13(9-15)16-12/h10-14H,2-9H2,1H3. The third kappa shape index (κ3) is 2.13. The van der Waals surface area contributed by atoms with Gasteiger partial charge in [-0.25, -0.2) is 0 Å². The molecule has 2 atom stereocenters. The lowest BCUT2D eigenvalue weighted by molar-refractivity contribution is -0.0581. The summed E-state index contributed by atoms with van der Waals surface area (Å²) in [5.74, 6) is 0. The van der Waals surface area contributed by atoms with Gasteiger partial charge in [0, 0.05) is 25.2 Å². The van der Waals surface area contributed by atoms with Crippen LogP contribution >= 0.6 is 0 Å². The van der Waals surface area contributed by atoms with Gasteiger partial charge in [0.15, 0.2) is 0 Å². The van der Waals surface area contributed by atoms with E-state index in [0.717, 1.165) is 12.1 Å². The summed E-state index contributed by atoms with van der Waals surface area (Å²) in [5.41, 5.74) is 0. The van der Waals surface area contributed by atoms with Crippen LogP contribution < -0.4 is 5.32 Å². The second-order valence-corrected chi connectivity index (χ2v) is 5.71. The first-order valence-electron chi connectivity index (χ1n) is 6.92. The fourth-order valence-electron chi connectivity index (χ4n) is 3.67. The molecule has 2 aliphatic heterocycles. The van der Waals surface area contributed by atoms with Gasteiger partial charge in [0.2, 0.25) is 0 Å². The summed E-state index contributed by atoms with van der Waals surface area (Å²) in [6.45, 7) is 2.40. The van der Waals surface area contributed by atoms with Gasteiger partial charge in [0.05, 0.1) is 12.2 Å². The third-order valence-corrected chi connectivity index (χ3v) is 4.69. The molecule has 1 saturated carbocycles. The highest BCUT2D eigenvalue weighted by molar-refractivity contribution is 4.90. The Balaban J connectivity index is 1.54. The molecule has 0 radical (unpaired) electrons. The van der Waals surface area contributed by atoms with Crippen LogP contribution in [0.2, 0.25) is 0 Å². The molecular weight excluding hydrogens is 200 g/mol. The molecule has 3 aliphatic rings. The average molecular weight is 224 g/mol. The molecule has 16 heavy (non-hydrogen) atoms. The number of morpholine rings is 1. The van der Waals surface area contributed by atoms with Crippen LogP contribution in [-0.4, -0.2) is 49.3 Å². The first-order chi connectivity index (χ1) is 7.85. The van der Waals surface area contributed by atoms with Crippen LogP contribution in [0.25, 0.3) is 0 Å². The second kappa shape index (κ2) is 4.63. The number of ether oxygens (including phenoxy) is 1. The maximum Gasteiger partial charge on any atom is 0.0707 e. The number of nitrogens with one attached hydrogen (secondary N) is 1. The van der Waals surface area contributed by atoms with Crippen molar-refractivity contribution in [3.8, 4) is 0 Å². The minimum Gasteiger partial charge on any atom is -0.372 e. The van der Waals surface area contributed by atoms with Gasteiger partial charge < -0.3 is 10.1 Å². The molecule has 3 nitrogen and oxygen atoms in total. The lowest BCUT2D eigenvalue weighted by atomic mass is 9.90. The summed E-state index contributed by atoms with van der Waals surface area (Å²) in [5, 5.41) is 3.41. The van der Waals surface area contributed by atoms with E-state index in [9.17, 15) is 0 Å². The van der Waals surface area contributed by atoms with Crippen LogP contribution in [0.1, 0.15) is 38.5 Å². The Hall–Kier alpha value is -0.120. The maximum atomic E-state index is 5.91. The number of nitrogens with zero attached hydrogens (tertiary/aromatic N) is 1. The molecule has 1 N–H and O–H groups in total. The number of fused-ring (bicyclic) bond motifs is 2. The van der Waals surface area contributed by atoms with Crippen LogP contribution in [-0.2, 0) is 4.74 Å². The summed E-state index contributed by atoms with van der Waals surface area (Å²) >= 11 is 0. The molecule has 1 aliphatic carbocycles. The van der Waals surface area contributed by atoms with E-state index in [1.165, 1.54) is 51.6 Å². The quantitative estimate of drug-likeness (QED) is 0.767. The number of rotatable bonds is 2. The van der Waals surface area contributed by atoms with Crippen molar-refractivity contribution in [2.75, 3.05) is 20.1 Å². The van der Waals surface area contributed by atoms with Gasteiger partial charge in [-0.2, -0.15) is 0 Å². The van der Waals surface area contributed by atoms with Gasteiger partial charge in [-0.3, -0.25) is 4.90 Å². The summed E-state index contributed by atoms with van der Waals surface area (Å²) in [6, 6.07) is 1.62. The Kier molecular flexibility index (Phi) is 3.18. The van der Waals surface area contributed by atoms with Gasteiger partial charge in [0.1, 0.15) is 0 Å². The van der Waals surface area contributed by atoms with E-state index in [2.05, 4.69) is 17.3 Å². The molecule has 3 fully saturated rings. The third-order valence-electron chi connectivity index (χ3n) is 4.69. The number of hydrogen-bond acceptors (Lipinski definition) is 3. The Morgan fingerprint density at radius 2 is 1.56 bits per heavy atom. The van der Waals surface area contributed by atoms with Crippen molar-refractivity contribution < 1.29 is 4.74 Å². The molecule has 0 aromatic heterocycles. The van der Waals surface area contributed by atoms with E-state index in [1.807, 2.05) is 0 Å². The molecule has 92 valence electrons. The lowest BCUT2D eigenvalue weighted by Gasteiger charge is -2.41. The number of likely N-dealkylation sites (tertiary alicyclic amines) is 1. The van der Waals surface area contributed by atoms with E-state index in [1.54, 1.807) is 0 Å². The largest absolute Gasteiger partial charge is 0.372 e. The van der Waals surface area contributed by atoms with Crippen LogP contribution in [0.15, 0.2) is 0 Å². The van der Waals surface area contributed by atoms with E-state index in [-0.39, 0.29) is 0 Å². The van der Waals surface area contributed by atoms with Crippen LogP contribution in [0.3, 0.4) is 0 Å². The van der Waals surface area contributed by atoms with Gasteiger partial charge in [0.25, 0.3) is 0 Å². The summed E-state index contributed by atoms with van der Waals surface area (Å²) in [6.07, 6.45) is 9.18. The van der Waals surface area contributed by atoms with Crippen LogP contribution in [0, 0.1) is 0 Å². The van der Waals surface area contributed by atoms with Gasteiger partial charge >= 0.3 is 0 Å². The minimum atomic E-state index is 0.556. The lowest BCUT2D eigenvalue weighted by Crippen LogP contribution is -2.50. The van der Waals surface area contributed by atoms with Crippen LogP contribution in [0.5, 0.6) is 0 Å². The topological polar surface area (TPSA) is 24.5 Å². The second-order valence-electron chi connectivity index (χ2n) is 5.71. The smallest absolute Gasteiger partial charge is 0.0707 e. The summed E-state index contributed by atoms with van der Waals surface area (Å²) < 4.78 is 5.91. The predicted molar refractivity (Wildman–Crippen MR) is 64.6 cm³/mol. The monoisotopic (exact) mass is 224 g/mol. The van der Waals surface area contributed by atoms with E-state index < -0.39 is 0 Å². The normalized spacial score (nSPS) is 44.8. The highest BCUT2D eigenvalue weighted by atomic mass is 16.5. The molecular formula is C13H24N2O. The van der Waals surface area contributed by atoms with Crippen molar-refractivity contribution in [2.45, 2.75) is 62.8 Å². The summed E-state index contributed by atoms with van der Waals surface area (Å²) in [7, 11) is 2.10. The fraction of sp³-hybridized carbons (Fsp3) is 1.00. The minimum absolute atomic E-state index is 0.556. The van der Waals surface area contributed by atoms with Crippen molar-refractivity contribution in [2.24, 2.45) is 0 Å². The van der Waals surface area contributed by atoms with Crippen molar-refractivity contribution in [3.63, 3.8) is 0 Å². The van der Waals surface area contributed by atoms with Gasteiger partial charge in [-0.05, 0) is 45.6 Å². The number of hydrogen-bond donors (Lipinski definition) is 1. The highest BCUT2D eigenvalue weighted by Crippen LogP contribution is 2.31. The maximum absolute atomic E-state index is 5.91. The highest BCUT2D eigenvalue weighted by Gasteiger charge is 2.37. The molecule has 3 rings (SSSR count). The van der Waals surface area contributed by atoms with Crippen molar-refractivity contribution >= 4 is 0 Å². The van der Waals surface area contributed by atoms with E-state index in [4.69, 9.17) is 4.74 Å². The Bertz CT molecular complexity index is 226. The first kappa shape index (κ1) is 11.0. The zero-order valence-corrected chi connectivity index (χ0v) is 10.3. The van der Waals surface area contributed by atoms with E-state index >= 15 is 0 Å². The average Bonchev–Trinajstić information content (AvgIpc) is 2.68. The molecule has 0 aromatic carbocycles. The van der Waals surface area contributed by atoms with Crippen molar-refractivity contribution in [1.29, 1.82) is 0 Å². The molecule has 0 spiro atoms. The SMILES string of the molecule is CNC1CCC(N2CC3CCC(C2)O3)CC1. The molecule has 2 saturated heterocycles. The Labute approximate surface area is 98.5 Å². The van der Waals surface area contributed by atoms with Gasteiger partial charge in [-0.1, -0.05) is 0 Å². The molecule has 3 heteroatoms. The summed E-state index contributed by atoms with van der Waals surface area (Å²) in [4.78, 5) is 2.72. The molecule has 2 unspecified atom stereocenters.